The smallest absolute Gasteiger partial charge is 0.143 e. The van der Waals surface area contributed by atoms with Gasteiger partial charge in [-0.15, -0.1) is 0 Å². The molecule has 9 aromatic carbocycles. The molecule has 10 aromatic rings. The number of anilines is 3. The maximum Gasteiger partial charge on any atom is 0.143 e. The molecular formula is C48H31NO. The summed E-state index contributed by atoms with van der Waals surface area (Å²) in [5.74, 6) is 0. The molecule has 0 spiro atoms. The molecule has 1 heterocycles. The second-order valence-electron chi connectivity index (χ2n) is 12.9. The minimum atomic E-state index is 0.918. The van der Waals surface area contributed by atoms with Gasteiger partial charge < -0.3 is 9.32 Å². The Hall–Kier alpha value is -6.64. The highest BCUT2D eigenvalue weighted by molar-refractivity contribution is 6.15. The number of benzene rings is 9. The van der Waals surface area contributed by atoms with E-state index in [1.807, 2.05) is 12.1 Å². The van der Waals surface area contributed by atoms with Gasteiger partial charge in [-0.25, -0.2) is 0 Å². The first kappa shape index (κ1) is 28.4. The molecule has 0 atom stereocenters. The summed E-state index contributed by atoms with van der Waals surface area (Å²) in [5.41, 5.74) is 9.96. The first-order valence-electron chi connectivity index (χ1n) is 17.1. The van der Waals surface area contributed by atoms with Crippen LogP contribution < -0.4 is 4.90 Å². The maximum atomic E-state index is 6.39. The van der Waals surface area contributed by atoms with Crippen molar-refractivity contribution in [2.45, 2.75) is 0 Å². The van der Waals surface area contributed by atoms with E-state index < -0.39 is 0 Å². The van der Waals surface area contributed by atoms with E-state index in [1.54, 1.807) is 0 Å². The van der Waals surface area contributed by atoms with Gasteiger partial charge in [0.1, 0.15) is 11.2 Å². The molecule has 0 unspecified atom stereocenters. The van der Waals surface area contributed by atoms with Gasteiger partial charge in [0, 0.05) is 32.8 Å². The average Bonchev–Trinajstić information content (AvgIpc) is 3.57. The summed E-state index contributed by atoms with van der Waals surface area (Å²) in [7, 11) is 0. The fourth-order valence-electron chi connectivity index (χ4n) is 7.67. The molecule has 0 amide bonds. The lowest BCUT2D eigenvalue weighted by atomic mass is 9.96. The van der Waals surface area contributed by atoms with E-state index in [4.69, 9.17) is 4.42 Å². The number of hydrogen-bond donors (Lipinski definition) is 0. The fraction of sp³-hybridized carbons (Fsp3) is 0. The zero-order chi connectivity index (χ0) is 33.0. The van der Waals surface area contributed by atoms with Crippen molar-refractivity contribution in [3.05, 3.63) is 188 Å². The minimum Gasteiger partial charge on any atom is -0.455 e. The van der Waals surface area contributed by atoms with Crippen LogP contribution in [0.3, 0.4) is 0 Å². The van der Waals surface area contributed by atoms with Gasteiger partial charge in [0.25, 0.3) is 0 Å². The van der Waals surface area contributed by atoms with E-state index in [9.17, 15) is 0 Å². The third kappa shape index (κ3) is 4.57. The van der Waals surface area contributed by atoms with Gasteiger partial charge in [0.05, 0.1) is 11.4 Å². The maximum absolute atomic E-state index is 6.39. The van der Waals surface area contributed by atoms with Crippen LogP contribution in [0.15, 0.2) is 192 Å². The molecule has 0 saturated carbocycles. The number of fused-ring (bicyclic) bond motifs is 7. The third-order valence-electron chi connectivity index (χ3n) is 10.0. The van der Waals surface area contributed by atoms with E-state index in [0.717, 1.165) is 60.9 Å². The van der Waals surface area contributed by atoms with Crippen LogP contribution in [0.1, 0.15) is 0 Å². The lowest BCUT2D eigenvalue weighted by molar-refractivity contribution is 0.672. The molecule has 0 fully saturated rings. The molecule has 0 bridgehead atoms. The molecule has 1 aromatic heterocycles. The standard InChI is InChI=1S/C48H31NO/c1-3-15-38-32(11-1)13-9-19-39(38)34-23-27-37(28-24-34)49(46-21-10-14-33-12-2-4-16-40(33)46)45-20-7-5-17-41(45)35-25-29-42-36(31-35)26-30-44-43-18-6-8-22-47(43)50-48(42)44/h1-31H. The summed E-state index contributed by atoms with van der Waals surface area (Å²) >= 11 is 0. The predicted molar refractivity (Wildman–Crippen MR) is 212 cm³/mol. The fourth-order valence-corrected chi connectivity index (χ4v) is 7.67. The molecule has 0 aliphatic rings. The number of rotatable bonds is 5. The number of furan rings is 1. The highest BCUT2D eigenvalue weighted by atomic mass is 16.3. The highest BCUT2D eigenvalue weighted by Crippen LogP contribution is 2.45. The van der Waals surface area contributed by atoms with Gasteiger partial charge in [0.15, 0.2) is 0 Å². The summed E-state index contributed by atoms with van der Waals surface area (Å²) in [6.45, 7) is 0. The summed E-state index contributed by atoms with van der Waals surface area (Å²) < 4.78 is 6.39. The number of para-hydroxylation sites is 2. The van der Waals surface area contributed by atoms with E-state index in [-0.39, 0.29) is 0 Å². The normalized spacial score (nSPS) is 11.6. The van der Waals surface area contributed by atoms with E-state index in [0.29, 0.717) is 0 Å². The molecule has 0 radical (unpaired) electrons. The van der Waals surface area contributed by atoms with Crippen LogP contribution >= 0.6 is 0 Å². The van der Waals surface area contributed by atoms with Crippen LogP contribution in [-0.2, 0) is 0 Å². The van der Waals surface area contributed by atoms with Crippen LogP contribution in [0.5, 0.6) is 0 Å². The molecule has 0 aliphatic carbocycles. The Labute approximate surface area is 290 Å². The topological polar surface area (TPSA) is 16.4 Å². The molecule has 0 aliphatic heterocycles. The van der Waals surface area contributed by atoms with Gasteiger partial charge in [-0.3, -0.25) is 0 Å². The van der Waals surface area contributed by atoms with Crippen LogP contribution in [0.2, 0.25) is 0 Å². The third-order valence-corrected chi connectivity index (χ3v) is 10.0. The average molecular weight is 638 g/mol. The Morgan fingerprint density at radius 1 is 0.340 bits per heavy atom. The quantitative estimate of drug-likeness (QED) is 0.187. The van der Waals surface area contributed by atoms with Crippen molar-refractivity contribution >= 4 is 71.3 Å². The molecule has 2 heteroatoms. The molecule has 234 valence electrons. The second-order valence-corrected chi connectivity index (χ2v) is 12.9. The van der Waals surface area contributed by atoms with Crippen LogP contribution in [-0.4, -0.2) is 0 Å². The summed E-state index contributed by atoms with van der Waals surface area (Å²) in [5, 5.41) is 9.49. The molecular weight excluding hydrogens is 607 g/mol. The molecule has 2 nitrogen and oxygen atoms in total. The van der Waals surface area contributed by atoms with E-state index >= 15 is 0 Å². The Bertz CT molecular complexity index is 2870. The Morgan fingerprint density at radius 2 is 0.940 bits per heavy atom. The number of hydrogen-bond acceptors (Lipinski definition) is 2. The lowest BCUT2D eigenvalue weighted by Gasteiger charge is -2.29. The zero-order valence-corrected chi connectivity index (χ0v) is 27.3. The molecule has 10 rings (SSSR count). The zero-order valence-electron chi connectivity index (χ0n) is 27.3. The Morgan fingerprint density at radius 3 is 1.80 bits per heavy atom. The minimum absolute atomic E-state index is 0.918. The van der Waals surface area contributed by atoms with Gasteiger partial charge >= 0.3 is 0 Å². The summed E-state index contributed by atoms with van der Waals surface area (Å²) in [4.78, 5) is 2.41. The van der Waals surface area contributed by atoms with Crippen LogP contribution in [0, 0.1) is 0 Å². The molecule has 0 N–H and O–H groups in total. The van der Waals surface area contributed by atoms with Crippen molar-refractivity contribution in [2.75, 3.05) is 4.90 Å². The van der Waals surface area contributed by atoms with Crippen molar-refractivity contribution in [3.63, 3.8) is 0 Å². The van der Waals surface area contributed by atoms with Gasteiger partial charge in [-0.1, -0.05) is 140 Å². The number of nitrogens with zero attached hydrogens (tertiary/aromatic N) is 1. The largest absolute Gasteiger partial charge is 0.455 e. The Balaban J connectivity index is 1.15. The SMILES string of the molecule is c1ccc(N(c2ccc(-c3cccc4ccccc34)cc2)c2cccc3ccccc23)c(-c2ccc3c(ccc4c5ccccc5oc34)c2)c1. The van der Waals surface area contributed by atoms with Crippen molar-refractivity contribution in [1.29, 1.82) is 0 Å². The Kier molecular flexibility index (Phi) is 6.53. The van der Waals surface area contributed by atoms with Crippen molar-refractivity contribution in [3.8, 4) is 22.3 Å². The van der Waals surface area contributed by atoms with Crippen molar-refractivity contribution in [2.24, 2.45) is 0 Å². The van der Waals surface area contributed by atoms with Gasteiger partial charge in [-0.2, -0.15) is 0 Å². The van der Waals surface area contributed by atoms with Gasteiger partial charge in [0.2, 0.25) is 0 Å². The first-order chi connectivity index (χ1) is 24.8. The van der Waals surface area contributed by atoms with Crippen molar-refractivity contribution in [1.82, 2.24) is 0 Å². The predicted octanol–water partition coefficient (Wildman–Crippen LogP) is 13.8. The van der Waals surface area contributed by atoms with Crippen LogP contribution in [0.4, 0.5) is 17.1 Å². The van der Waals surface area contributed by atoms with E-state index in [2.05, 4.69) is 181 Å². The molecule has 50 heavy (non-hydrogen) atoms. The monoisotopic (exact) mass is 637 g/mol. The molecule has 0 saturated heterocycles. The highest BCUT2D eigenvalue weighted by Gasteiger charge is 2.20. The van der Waals surface area contributed by atoms with Crippen LogP contribution in [0.25, 0.3) is 76.5 Å². The van der Waals surface area contributed by atoms with Crippen molar-refractivity contribution < 1.29 is 4.42 Å². The summed E-state index contributed by atoms with van der Waals surface area (Å²) in [6.07, 6.45) is 0. The van der Waals surface area contributed by atoms with E-state index in [1.165, 1.54) is 32.7 Å². The lowest BCUT2D eigenvalue weighted by Crippen LogP contribution is -2.11. The summed E-state index contributed by atoms with van der Waals surface area (Å²) in [6, 6.07) is 67.6. The second kappa shape index (κ2) is 11.5. The first-order valence-corrected chi connectivity index (χ1v) is 17.1. The van der Waals surface area contributed by atoms with Gasteiger partial charge in [-0.05, 0) is 86.8 Å².